The highest BCUT2D eigenvalue weighted by Gasteiger charge is 2.29. The Morgan fingerprint density at radius 1 is 1.32 bits per heavy atom. The monoisotopic (exact) mass is 325 g/mol. The first-order chi connectivity index (χ1) is 8.93. The van der Waals surface area contributed by atoms with E-state index in [9.17, 15) is 0 Å². The van der Waals surface area contributed by atoms with Crippen LogP contribution in [0.3, 0.4) is 0 Å². The maximum absolute atomic E-state index is 4.72. The van der Waals surface area contributed by atoms with Crippen LogP contribution in [0.4, 0.5) is 5.82 Å². The van der Waals surface area contributed by atoms with Crippen LogP contribution < -0.4 is 4.90 Å². The quantitative estimate of drug-likeness (QED) is 0.772. The van der Waals surface area contributed by atoms with Gasteiger partial charge < -0.3 is 4.90 Å². The molecule has 0 N–H and O–H groups in total. The van der Waals surface area contributed by atoms with Gasteiger partial charge in [-0.2, -0.15) is 0 Å². The second-order valence-corrected chi connectivity index (χ2v) is 7.03. The van der Waals surface area contributed by atoms with E-state index in [4.69, 9.17) is 4.98 Å². The minimum Gasteiger partial charge on any atom is -0.356 e. The van der Waals surface area contributed by atoms with Crippen LogP contribution in [0.2, 0.25) is 0 Å². The molecule has 0 atom stereocenters. The molecule has 0 unspecified atom stereocenters. The van der Waals surface area contributed by atoms with E-state index in [-0.39, 0.29) is 0 Å². The number of piperidine rings is 1. The summed E-state index contributed by atoms with van der Waals surface area (Å²) >= 11 is 3.51. The number of rotatable bonds is 3. The van der Waals surface area contributed by atoms with Gasteiger partial charge in [0.15, 0.2) is 0 Å². The van der Waals surface area contributed by atoms with Crippen molar-refractivity contribution in [3.63, 3.8) is 0 Å². The molecule has 0 aliphatic carbocycles. The molecule has 1 aliphatic rings. The molecule has 4 heteroatoms. The van der Waals surface area contributed by atoms with Crippen molar-refractivity contribution >= 4 is 21.7 Å². The fourth-order valence-electron chi connectivity index (χ4n) is 2.47. The van der Waals surface area contributed by atoms with Gasteiger partial charge in [-0.05, 0) is 34.2 Å². The van der Waals surface area contributed by atoms with Crippen LogP contribution in [0, 0.1) is 5.41 Å². The zero-order valence-corrected chi connectivity index (χ0v) is 14.0. The molecular formula is C15H24BrN3. The van der Waals surface area contributed by atoms with Crippen LogP contribution in [0.15, 0.2) is 10.7 Å². The van der Waals surface area contributed by atoms with Gasteiger partial charge in [0.2, 0.25) is 0 Å². The summed E-state index contributed by atoms with van der Waals surface area (Å²) in [7, 11) is 0. The van der Waals surface area contributed by atoms with Gasteiger partial charge in [0, 0.05) is 25.1 Å². The summed E-state index contributed by atoms with van der Waals surface area (Å²) in [4.78, 5) is 11.6. The second kappa shape index (κ2) is 5.78. The standard InChI is InChI=1S/C15H24BrN3/c1-5-15(4)6-8-19(9-7-15)13-10-12(16)17-14(18-13)11(2)3/h10-11H,5-9H2,1-4H3. The summed E-state index contributed by atoms with van der Waals surface area (Å²) in [6.45, 7) is 11.2. The van der Waals surface area contributed by atoms with Gasteiger partial charge in [-0.15, -0.1) is 0 Å². The Hall–Kier alpha value is -0.640. The molecule has 0 bridgehead atoms. The summed E-state index contributed by atoms with van der Waals surface area (Å²) in [6, 6.07) is 2.04. The van der Waals surface area contributed by atoms with Crippen LogP contribution in [0.5, 0.6) is 0 Å². The molecule has 1 aromatic rings. The fraction of sp³-hybridized carbons (Fsp3) is 0.733. The van der Waals surface area contributed by atoms with Gasteiger partial charge in [0.1, 0.15) is 16.2 Å². The van der Waals surface area contributed by atoms with Crippen LogP contribution in [-0.4, -0.2) is 23.1 Å². The molecule has 2 heterocycles. The van der Waals surface area contributed by atoms with E-state index in [0.29, 0.717) is 11.3 Å². The molecule has 0 saturated carbocycles. The smallest absolute Gasteiger partial charge is 0.134 e. The molecular weight excluding hydrogens is 302 g/mol. The van der Waals surface area contributed by atoms with Crippen molar-refractivity contribution in [2.45, 2.75) is 52.9 Å². The third-order valence-corrected chi connectivity index (χ3v) is 4.77. The molecule has 1 saturated heterocycles. The number of anilines is 1. The van der Waals surface area contributed by atoms with Crippen molar-refractivity contribution in [3.8, 4) is 0 Å². The van der Waals surface area contributed by atoms with E-state index < -0.39 is 0 Å². The third kappa shape index (κ3) is 3.47. The Morgan fingerprint density at radius 2 is 1.95 bits per heavy atom. The van der Waals surface area contributed by atoms with Crippen molar-refractivity contribution in [2.24, 2.45) is 5.41 Å². The summed E-state index contributed by atoms with van der Waals surface area (Å²) < 4.78 is 0.894. The SMILES string of the molecule is CCC1(C)CCN(c2cc(Br)nc(C(C)C)n2)CC1. The van der Waals surface area contributed by atoms with Crippen LogP contribution >= 0.6 is 15.9 Å². The Bertz CT molecular complexity index is 437. The first kappa shape index (κ1) is 14.8. The summed E-state index contributed by atoms with van der Waals surface area (Å²) in [5, 5.41) is 0. The summed E-state index contributed by atoms with van der Waals surface area (Å²) in [5.74, 6) is 2.36. The van der Waals surface area contributed by atoms with Crippen molar-refractivity contribution in [1.82, 2.24) is 9.97 Å². The number of aromatic nitrogens is 2. The van der Waals surface area contributed by atoms with Crippen LogP contribution in [0.25, 0.3) is 0 Å². The van der Waals surface area contributed by atoms with Crippen LogP contribution in [-0.2, 0) is 0 Å². The zero-order valence-electron chi connectivity index (χ0n) is 12.4. The second-order valence-electron chi connectivity index (χ2n) is 6.21. The molecule has 19 heavy (non-hydrogen) atoms. The lowest BCUT2D eigenvalue weighted by atomic mass is 9.78. The van der Waals surface area contributed by atoms with Gasteiger partial charge in [-0.25, -0.2) is 9.97 Å². The maximum Gasteiger partial charge on any atom is 0.134 e. The third-order valence-electron chi connectivity index (χ3n) is 4.36. The zero-order chi connectivity index (χ0) is 14.0. The number of nitrogens with zero attached hydrogens (tertiary/aromatic N) is 3. The van der Waals surface area contributed by atoms with Gasteiger partial charge in [-0.1, -0.05) is 34.1 Å². The Morgan fingerprint density at radius 3 is 2.47 bits per heavy atom. The van der Waals surface area contributed by atoms with E-state index in [1.807, 2.05) is 6.07 Å². The van der Waals surface area contributed by atoms with Crippen molar-refractivity contribution in [1.29, 1.82) is 0 Å². The minimum atomic E-state index is 0.363. The maximum atomic E-state index is 4.72. The van der Waals surface area contributed by atoms with Crippen molar-refractivity contribution < 1.29 is 0 Å². The lowest BCUT2D eigenvalue weighted by Crippen LogP contribution is -2.39. The van der Waals surface area contributed by atoms with Crippen LogP contribution in [0.1, 0.15) is 58.7 Å². The Labute approximate surface area is 125 Å². The lowest BCUT2D eigenvalue weighted by Gasteiger charge is -2.39. The van der Waals surface area contributed by atoms with E-state index in [0.717, 1.165) is 29.3 Å². The normalized spacial score (nSPS) is 18.9. The largest absolute Gasteiger partial charge is 0.356 e. The van der Waals surface area contributed by atoms with Crippen molar-refractivity contribution in [2.75, 3.05) is 18.0 Å². The van der Waals surface area contributed by atoms with Gasteiger partial charge in [0.05, 0.1) is 0 Å². The highest BCUT2D eigenvalue weighted by atomic mass is 79.9. The Balaban J connectivity index is 2.15. The minimum absolute atomic E-state index is 0.363. The first-order valence-electron chi connectivity index (χ1n) is 7.23. The summed E-state index contributed by atoms with van der Waals surface area (Å²) in [6.07, 6.45) is 3.77. The molecule has 106 valence electrons. The predicted molar refractivity (Wildman–Crippen MR) is 83.7 cm³/mol. The van der Waals surface area contributed by atoms with Gasteiger partial charge >= 0.3 is 0 Å². The predicted octanol–water partition coefficient (Wildman–Crippen LogP) is 4.38. The molecule has 1 aromatic heterocycles. The molecule has 0 spiro atoms. The highest BCUT2D eigenvalue weighted by molar-refractivity contribution is 9.10. The average Bonchev–Trinajstić information content (AvgIpc) is 2.39. The van der Waals surface area contributed by atoms with Gasteiger partial charge in [0.25, 0.3) is 0 Å². The highest BCUT2D eigenvalue weighted by Crippen LogP contribution is 2.35. The van der Waals surface area contributed by atoms with E-state index in [1.54, 1.807) is 0 Å². The number of hydrogen-bond acceptors (Lipinski definition) is 3. The van der Waals surface area contributed by atoms with E-state index in [2.05, 4.69) is 53.5 Å². The number of halogens is 1. The molecule has 1 fully saturated rings. The molecule has 0 amide bonds. The van der Waals surface area contributed by atoms with E-state index >= 15 is 0 Å². The molecule has 3 nitrogen and oxygen atoms in total. The Kier molecular flexibility index (Phi) is 4.49. The van der Waals surface area contributed by atoms with Crippen molar-refractivity contribution in [3.05, 3.63) is 16.5 Å². The average molecular weight is 326 g/mol. The molecule has 0 aromatic carbocycles. The summed E-state index contributed by atoms with van der Waals surface area (Å²) in [5.41, 5.74) is 0.516. The topological polar surface area (TPSA) is 29.0 Å². The van der Waals surface area contributed by atoms with E-state index in [1.165, 1.54) is 19.3 Å². The molecule has 0 radical (unpaired) electrons. The lowest BCUT2D eigenvalue weighted by molar-refractivity contribution is 0.237. The first-order valence-corrected chi connectivity index (χ1v) is 8.02. The number of hydrogen-bond donors (Lipinski definition) is 0. The molecule has 2 rings (SSSR count). The molecule has 1 aliphatic heterocycles. The van der Waals surface area contributed by atoms with Gasteiger partial charge in [-0.3, -0.25) is 0 Å². The fourth-order valence-corrected chi connectivity index (χ4v) is 2.86.